The summed E-state index contributed by atoms with van der Waals surface area (Å²) < 4.78 is 0. The van der Waals surface area contributed by atoms with Gasteiger partial charge in [0.15, 0.2) is 0 Å². The van der Waals surface area contributed by atoms with Crippen molar-refractivity contribution < 1.29 is 0 Å². The Morgan fingerprint density at radius 1 is 1.38 bits per heavy atom. The number of hydrogen-bond donors (Lipinski definition) is 2. The van der Waals surface area contributed by atoms with Crippen molar-refractivity contribution in [3.05, 3.63) is 16.1 Å². The molecule has 16 heavy (non-hydrogen) atoms. The zero-order chi connectivity index (χ0) is 12.4. The van der Waals surface area contributed by atoms with E-state index in [9.17, 15) is 0 Å². The summed E-state index contributed by atoms with van der Waals surface area (Å²) in [5.41, 5.74) is 6.03. The van der Waals surface area contributed by atoms with Gasteiger partial charge >= 0.3 is 0 Å². The lowest BCUT2D eigenvalue weighted by atomic mass is 9.75. The number of hydrogen-bond acceptors (Lipinski definition) is 4. The Bertz CT molecular complexity index is 336. The lowest BCUT2D eigenvalue weighted by Gasteiger charge is -2.38. The van der Waals surface area contributed by atoms with Gasteiger partial charge in [-0.15, -0.1) is 11.3 Å². The van der Waals surface area contributed by atoms with Crippen molar-refractivity contribution >= 4 is 11.3 Å². The first-order valence-corrected chi connectivity index (χ1v) is 6.45. The van der Waals surface area contributed by atoms with Gasteiger partial charge in [-0.1, -0.05) is 13.8 Å². The monoisotopic (exact) mass is 241 g/mol. The van der Waals surface area contributed by atoms with Crippen LogP contribution in [0.1, 0.15) is 37.6 Å². The van der Waals surface area contributed by atoms with E-state index in [0.29, 0.717) is 0 Å². The molecule has 0 spiro atoms. The van der Waals surface area contributed by atoms with Crippen LogP contribution in [0.3, 0.4) is 0 Å². The van der Waals surface area contributed by atoms with Crippen molar-refractivity contribution in [2.45, 2.75) is 46.7 Å². The number of aryl methyl sites for hydroxylation is 1. The summed E-state index contributed by atoms with van der Waals surface area (Å²) in [6, 6.07) is 0. The molecule has 92 valence electrons. The summed E-state index contributed by atoms with van der Waals surface area (Å²) in [5, 5.41) is 4.57. The minimum absolute atomic E-state index is 0.0688. The van der Waals surface area contributed by atoms with E-state index in [1.54, 1.807) is 11.3 Å². The zero-order valence-electron chi connectivity index (χ0n) is 10.9. The molecule has 0 unspecified atom stereocenters. The minimum atomic E-state index is -0.182. The summed E-state index contributed by atoms with van der Waals surface area (Å²) in [5.74, 6) is 0. The van der Waals surface area contributed by atoms with Crippen LogP contribution >= 0.6 is 11.3 Å². The molecule has 0 saturated heterocycles. The quantitative estimate of drug-likeness (QED) is 0.831. The van der Waals surface area contributed by atoms with Crippen molar-refractivity contribution in [1.29, 1.82) is 0 Å². The van der Waals surface area contributed by atoms with E-state index in [4.69, 9.17) is 5.73 Å². The maximum atomic E-state index is 6.14. The average molecular weight is 241 g/mol. The second-order valence-corrected chi connectivity index (χ2v) is 6.89. The fourth-order valence-corrected chi connectivity index (χ4v) is 1.95. The normalized spacial score (nSPS) is 13.1. The predicted octanol–water partition coefficient (Wildman–Crippen LogP) is 2.30. The average Bonchev–Trinajstić information content (AvgIpc) is 2.49. The van der Waals surface area contributed by atoms with Crippen LogP contribution in [0.25, 0.3) is 0 Å². The smallest absolute Gasteiger partial charge is 0.107 e. The highest BCUT2D eigenvalue weighted by atomic mass is 32.1. The van der Waals surface area contributed by atoms with Gasteiger partial charge in [0.2, 0.25) is 0 Å². The summed E-state index contributed by atoms with van der Waals surface area (Å²) in [4.78, 5) is 5.58. The van der Waals surface area contributed by atoms with E-state index in [1.165, 1.54) is 4.88 Å². The number of nitrogens with zero attached hydrogens (tertiary/aromatic N) is 1. The zero-order valence-corrected chi connectivity index (χ0v) is 11.7. The number of rotatable bonds is 5. The number of aromatic nitrogens is 1. The van der Waals surface area contributed by atoms with Gasteiger partial charge in [0, 0.05) is 29.7 Å². The third-order valence-electron chi connectivity index (χ3n) is 3.26. The highest BCUT2D eigenvalue weighted by molar-refractivity contribution is 7.11. The van der Waals surface area contributed by atoms with Crippen molar-refractivity contribution in [1.82, 2.24) is 10.3 Å². The van der Waals surface area contributed by atoms with Gasteiger partial charge < -0.3 is 11.1 Å². The molecule has 0 aromatic carbocycles. The third-order valence-corrected chi connectivity index (χ3v) is 4.17. The fourth-order valence-electron chi connectivity index (χ4n) is 1.19. The second-order valence-electron chi connectivity index (χ2n) is 5.57. The third kappa shape index (κ3) is 3.54. The van der Waals surface area contributed by atoms with Crippen molar-refractivity contribution in [3.8, 4) is 0 Å². The standard InChI is InChI=1S/C12H23N3S/c1-9-6-15-10(16-9)7-14-8-11(2,3)12(4,5)13/h6,14H,7-8,13H2,1-5H3. The Hall–Kier alpha value is -0.450. The molecular formula is C12H23N3S. The Morgan fingerprint density at radius 3 is 2.44 bits per heavy atom. The summed E-state index contributed by atoms with van der Waals surface area (Å²) in [7, 11) is 0. The van der Waals surface area contributed by atoms with E-state index >= 15 is 0 Å². The molecule has 0 saturated carbocycles. The summed E-state index contributed by atoms with van der Waals surface area (Å²) in [6.45, 7) is 12.3. The van der Waals surface area contributed by atoms with Gasteiger partial charge in [0.05, 0.1) is 0 Å². The van der Waals surface area contributed by atoms with E-state index in [-0.39, 0.29) is 11.0 Å². The second kappa shape index (κ2) is 4.82. The topological polar surface area (TPSA) is 50.9 Å². The van der Waals surface area contributed by atoms with Crippen molar-refractivity contribution in [2.24, 2.45) is 11.1 Å². The molecule has 0 atom stereocenters. The molecule has 4 heteroatoms. The minimum Gasteiger partial charge on any atom is -0.325 e. The van der Waals surface area contributed by atoms with Crippen LogP contribution in [-0.2, 0) is 6.54 Å². The highest BCUT2D eigenvalue weighted by Gasteiger charge is 2.32. The first kappa shape index (κ1) is 13.6. The molecule has 3 N–H and O–H groups in total. The first-order valence-electron chi connectivity index (χ1n) is 5.63. The van der Waals surface area contributed by atoms with Crippen LogP contribution in [0.4, 0.5) is 0 Å². The largest absolute Gasteiger partial charge is 0.325 e. The number of nitrogens with one attached hydrogen (secondary N) is 1. The van der Waals surface area contributed by atoms with Gasteiger partial charge in [-0.2, -0.15) is 0 Å². The Kier molecular flexibility index (Phi) is 4.10. The Balaban J connectivity index is 2.41. The van der Waals surface area contributed by atoms with E-state index < -0.39 is 0 Å². The lowest BCUT2D eigenvalue weighted by molar-refractivity contribution is 0.194. The number of nitrogens with two attached hydrogens (primary N) is 1. The molecule has 0 fully saturated rings. The molecule has 0 aliphatic carbocycles. The molecule has 3 nitrogen and oxygen atoms in total. The molecule has 1 aromatic heterocycles. The van der Waals surface area contributed by atoms with Crippen molar-refractivity contribution in [2.75, 3.05) is 6.54 Å². The van der Waals surface area contributed by atoms with Crippen LogP contribution in [0.2, 0.25) is 0 Å². The van der Waals surface area contributed by atoms with Crippen LogP contribution in [0.5, 0.6) is 0 Å². The van der Waals surface area contributed by atoms with Crippen LogP contribution in [-0.4, -0.2) is 17.1 Å². The molecule has 0 bridgehead atoms. The summed E-state index contributed by atoms with van der Waals surface area (Å²) >= 11 is 1.74. The first-order chi connectivity index (χ1) is 7.22. The van der Waals surface area contributed by atoms with Gasteiger partial charge in [0.1, 0.15) is 5.01 Å². The van der Waals surface area contributed by atoms with Gasteiger partial charge in [-0.05, 0) is 26.2 Å². The van der Waals surface area contributed by atoms with Crippen LogP contribution in [0, 0.1) is 12.3 Å². The molecule has 1 heterocycles. The fraction of sp³-hybridized carbons (Fsp3) is 0.750. The number of thiazole rings is 1. The van der Waals surface area contributed by atoms with Gasteiger partial charge in [-0.3, -0.25) is 0 Å². The molecule has 1 rings (SSSR count). The Morgan fingerprint density at radius 2 is 2.00 bits per heavy atom. The maximum Gasteiger partial charge on any atom is 0.107 e. The lowest BCUT2D eigenvalue weighted by Crippen LogP contribution is -2.52. The van der Waals surface area contributed by atoms with Crippen molar-refractivity contribution in [3.63, 3.8) is 0 Å². The summed E-state index contributed by atoms with van der Waals surface area (Å²) in [6.07, 6.45) is 1.92. The van der Waals surface area contributed by atoms with Gasteiger partial charge in [0.25, 0.3) is 0 Å². The van der Waals surface area contributed by atoms with Crippen LogP contribution in [0.15, 0.2) is 6.20 Å². The van der Waals surface area contributed by atoms with Crippen LogP contribution < -0.4 is 11.1 Å². The molecule has 0 aliphatic heterocycles. The highest BCUT2D eigenvalue weighted by Crippen LogP contribution is 2.27. The van der Waals surface area contributed by atoms with E-state index in [1.807, 2.05) is 6.20 Å². The van der Waals surface area contributed by atoms with E-state index in [0.717, 1.165) is 18.1 Å². The molecule has 0 amide bonds. The Labute approximate surface area is 102 Å². The molecular weight excluding hydrogens is 218 g/mol. The molecule has 0 aliphatic rings. The maximum absolute atomic E-state index is 6.14. The molecule has 1 aromatic rings. The van der Waals surface area contributed by atoms with E-state index in [2.05, 4.69) is 44.9 Å². The SMILES string of the molecule is Cc1cnc(CNCC(C)(C)C(C)(C)N)s1. The van der Waals surface area contributed by atoms with Gasteiger partial charge in [-0.25, -0.2) is 4.98 Å². The predicted molar refractivity (Wildman–Crippen MR) is 70.6 cm³/mol. The molecule has 0 radical (unpaired) electrons.